The molecule has 1 heterocycles. The summed E-state index contributed by atoms with van der Waals surface area (Å²) in [6.45, 7) is 9.66. The van der Waals surface area contributed by atoms with E-state index >= 15 is 0 Å². The Labute approximate surface area is 119 Å². The standard InChI is InChI=1S/C16H32N2O/c1-4-15-11-18(10-9-17(15)3)12-16(13-19)7-5-14(2)6-8-16/h14-15,19H,4-13H2,1-3H3. The summed E-state index contributed by atoms with van der Waals surface area (Å²) in [7, 11) is 2.25. The number of aliphatic hydroxyl groups is 1. The molecule has 1 saturated heterocycles. The summed E-state index contributed by atoms with van der Waals surface area (Å²) in [5.41, 5.74) is 0.195. The van der Waals surface area contributed by atoms with Crippen molar-refractivity contribution in [2.45, 2.75) is 52.0 Å². The average Bonchev–Trinajstić information content (AvgIpc) is 2.44. The Morgan fingerprint density at radius 3 is 2.47 bits per heavy atom. The van der Waals surface area contributed by atoms with Gasteiger partial charge in [0, 0.05) is 44.2 Å². The summed E-state index contributed by atoms with van der Waals surface area (Å²) in [6.07, 6.45) is 6.26. The molecule has 112 valence electrons. The Hall–Kier alpha value is -0.120. The summed E-state index contributed by atoms with van der Waals surface area (Å²) >= 11 is 0. The van der Waals surface area contributed by atoms with Gasteiger partial charge in [0.1, 0.15) is 0 Å². The number of rotatable bonds is 4. The van der Waals surface area contributed by atoms with Gasteiger partial charge in [-0.25, -0.2) is 0 Å². The first-order valence-electron chi connectivity index (χ1n) is 8.12. The van der Waals surface area contributed by atoms with E-state index in [1.807, 2.05) is 0 Å². The van der Waals surface area contributed by atoms with E-state index in [0.717, 1.165) is 12.5 Å². The second-order valence-electron chi connectivity index (χ2n) is 7.12. The first kappa shape index (κ1) is 15.3. The van der Waals surface area contributed by atoms with E-state index in [4.69, 9.17) is 0 Å². The number of nitrogens with zero attached hydrogens (tertiary/aromatic N) is 2. The Morgan fingerprint density at radius 1 is 1.21 bits per heavy atom. The van der Waals surface area contributed by atoms with Crippen LogP contribution in [0.2, 0.25) is 0 Å². The molecule has 1 atom stereocenters. The van der Waals surface area contributed by atoms with Crippen LogP contribution in [0, 0.1) is 11.3 Å². The lowest BCUT2D eigenvalue weighted by atomic mass is 9.71. The lowest BCUT2D eigenvalue weighted by Crippen LogP contribution is -2.54. The summed E-state index contributed by atoms with van der Waals surface area (Å²) in [5, 5.41) is 9.90. The van der Waals surface area contributed by atoms with Crippen LogP contribution in [-0.4, -0.2) is 60.8 Å². The fourth-order valence-corrected chi connectivity index (χ4v) is 3.81. The highest BCUT2D eigenvalue weighted by Crippen LogP contribution is 2.39. The highest BCUT2D eigenvalue weighted by Gasteiger charge is 2.36. The molecular weight excluding hydrogens is 236 g/mol. The fourth-order valence-electron chi connectivity index (χ4n) is 3.81. The van der Waals surface area contributed by atoms with Gasteiger partial charge in [0.05, 0.1) is 0 Å². The van der Waals surface area contributed by atoms with Crippen LogP contribution in [0.15, 0.2) is 0 Å². The van der Waals surface area contributed by atoms with Crippen molar-refractivity contribution in [3.63, 3.8) is 0 Å². The Balaban J connectivity index is 1.91. The number of likely N-dealkylation sites (N-methyl/N-ethyl adjacent to an activating group) is 1. The van der Waals surface area contributed by atoms with Crippen LogP contribution in [0.3, 0.4) is 0 Å². The van der Waals surface area contributed by atoms with Crippen LogP contribution in [-0.2, 0) is 0 Å². The zero-order valence-corrected chi connectivity index (χ0v) is 13.1. The number of hydrogen-bond donors (Lipinski definition) is 1. The predicted molar refractivity (Wildman–Crippen MR) is 80.3 cm³/mol. The maximum atomic E-state index is 9.90. The van der Waals surface area contributed by atoms with Crippen molar-refractivity contribution in [2.24, 2.45) is 11.3 Å². The van der Waals surface area contributed by atoms with E-state index in [0.29, 0.717) is 12.6 Å². The molecule has 3 heteroatoms. The molecule has 19 heavy (non-hydrogen) atoms. The SMILES string of the molecule is CCC1CN(CC2(CO)CCC(C)CC2)CCN1C. The van der Waals surface area contributed by atoms with E-state index in [-0.39, 0.29) is 5.41 Å². The largest absolute Gasteiger partial charge is 0.396 e. The molecule has 2 rings (SSSR count). The van der Waals surface area contributed by atoms with Crippen molar-refractivity contribution < 1.29 is 5.11 Å². The summed E-state index contributed by atoms with van der Waals surface area (Å²) in [5.74, 6) is 0.857. The van der Waals surface area contributed by atoms with Crippen molar-refractivity contribution >= 4 is 0 Å². The average molecular weight is 268 g/mol. The van der Waals surface area contributed by atoms with Crippen molar-refractivity contribution in [1.82, 2.24) is 9.80 Å². The predicted octanol–water partition coefficient (Wildman–Crippen LogP) is 2.20. The Kier molecular flexibility index (Phi) is 5.27. The molecule has 0 spiro atoms. The van der Waals surface area contributed by atoms with Crippen LogP contribution in [0.4, 0.5) is 0 Å². The van der Waals surface area contributed by atoms with Crippen LogP contribution in [0.1, 0.15) is 46.0 Å². The third-order valence-corrected chi connectivity index (χ3v) is 5.56. The Bertz CT molecular complexity index is 274. The fraction of sp³-hybridized carbons (Fsp3) is 1.00. The second kappa shape index (κ2) is 6.55. The lowest BCUT2D eigenvalue weighted by molar-refractivity contribution is 0.00242. The molecule has 2 aliphatic rings. The normalized spacial score (nSPS) is 38.5. The van der Waals surface area contributed by atoms with Gasteiger partial charge in [0.2, 0.25) is 0 Å². The molecule has 1 unspecified atom stereocenters. The minimum atomic E-state index is 0.195. The maximum Gasteiger partial charge on any atom is 0.0499 e. The van der Waals surface area contributed by atoms with Gasteiger partial charge in [-0.05, 0) is 32.2 Å². The maximum absolute atomic E-state index is 9.90. The monoisotopic (exact) mass is 268 g/mol. The van der Waals surface area contributed by atoms with Crippen molar-refractivity contribution in [2.75, 3.05) is 39.8 Å². The van der Waals surface area contributed by atoms with E-state index in [1.165, 1.54) is 51.7 Å². The minimum absolute atomic E-state index is 0.195. The van der Waals surface area contributed by atoms with E-state index in [1.54, 1.807) is 0 Å². The van der Waals surface area contributed by atoms with Gasteiger partial charge in [-0.3, -0.25) is 4.90 Å². The Morgan fingerprint density at radius 2 is 1.89 bits per heavy atom. The van der Waals surface area contributed by atoms with E-state index < -0.39 is 0 Å². The summed E-state index contributed by atoms with van der Waals surface area (Å²) in [4.78, 5) is 5.10. The molecule has 0 amide bonds. The van der Waals surface area contributed by atoms with Crippen LogP contribution >= 0.6 is 0 Å². The second-order valence-corrected chi connectivity index (χ2v) is 7.12. The first-order chi connectivity index (χ1) is 9.08. The molecule has 3 nitrogen and oxygen atoms in total. The minimum Gasteiger partial charge on any atom is -0.396 e. The smallest absolute Gasteiger partial charge is 0.0499 e. The van der Waals surface area contributed by atoms with Gasteiger partial charge < -0.3 is 10.0 Å². The summed E-state index contributed by atoms with van der Waals surface area (Å²) < 4.78 is 0. The van der Waals surface area contributed by atoms with E-state index in [9.17, 15) is 5.11 Å². The topological polar surface area (TPSA) is 26.7 Å². The van der Waals surface area contributed by atoms with Crippen LogP contribution in [0.5, 0.6) is 0 Å². The van der Waals surface area contributed by atoms with Crippen molar-refractivity contribution in [3.8, 4) is 0 Å². The van der Waals surface area contributed by atoms with Gasteiger partial charge in [-0.2, -0.15) is 0 Å². The van der Waals surface area contributed by atoms with Crippen molar-refractivity contribution in [3.05, 3.63) is 0 Å². The summed E-state index contributed by atoms with van der Waals surface area (Å²) in [6, 6.07) is 0.701. The molecule has 1 aliphatic heterocycles. The van der Waals surface area contributed by atoms with Gasteiger partial charge >= 0.3 is 0 Å². The zero-order valence-electron chi connectivity index (χ0n) is 13.1. The van der Waals surface area contributed by atoms with Gasteiger partial charge in [-0.1, -0.05) is 26.7 Å². The van der Waals surface area contributed by atoms with Crippen LogP contribution < -0.4 is 0 Å². The number of piperazine rings is 1. The number of aliphatic hydroxyl groups excluding tert-OH is 1. The lowest BCUT2D eigenvalue weighted by Gasteiger charge is -2.46. The zero-order chi connectivity index (χ0) is 13.9. The van der Waals surface area contributed by atoms with Gasteiger partial charge in [0.25, 0.3) is 0 Å². The van der Waals surface area contributed by atoms with Crippen LogP contribution in [0.25, 0.3) is 0 Å². The molecule has 2 fully saturated rings. The van der Waals surface area contributed by atoms with Gasteiger partial charge in [-0.15, -0.1) is 0 Å². The molecule has 1 aliphatic carbocycles. The van der Waals surface area contributed by atoms with Crippen molar-refractivity contribution in [1.29, 1.82) is 0 Å². The third kappa shape index (κ3) is 3.71. The quantitative estimate of drug-likeness (QED) is 0.847. The molecule has 0 radical (unpaired) electrons. The molecule has 0 bridgehead atoms. The molecular formula is C16H32N2O. The molecule has 0 aromatic heterocycles. The molecule has 1 saturated carbocycles. The molecule has 0 aromatic carbocycles. The van der Waals surface area contributed by atoms with Gasteiger partial charge in [0.15, 0.2) is 0 Å². The molecule has 1 N–H and O–H groups in total. The first-order valence-corrected chi connectivity index (χ1v) is 8.12. The van der Waals surface area contributed by atoms with E-state index in [2.05, 4.69) is 30.7 Å². The highest BCUT2D eigenvalue weighted by atomic mass is 16.3. The molecule has 0 aromatic rings. The third-order valence-electron chi connectivity index (χ3n) is 5.56. The number of hydrogen-bond acceptors (Lipinski definition) is 3. The highest BCUT2D eigenvalue weighted by molar-refractivity contribution is 4.89.